The van der Waals surface area contributed by atoms with Crippen molar-refractivity contribution in [2.75, 3.05) is 17.7 Å². The number of hydrogen-bond donors (Lipinski definition) is 5. The van der Waals surface area contributed by atoms with Crippen molar-refractivity contribution >= 4 is 28.6 Å². The predicted octanol–water partition coefficient (Wildman–Crippen LogP) is 3.95. The van der Waals surface area contributed by atoms with Crippen LogP contribution < -0.4 is 16.4 Å². The Labute approximate surface area is 234 Å². The molecule has 0 bridgehead atoms. The Morgan fingerprint density at radius 2 is 1.88 bits per heavy atom. The Balaban J connectivity index is 1.37. The van der Waals surface area contributed by atoms with Gasteiger partial charge in [-0.25, -0.2) is 19.3 Å². The molecule has 0 saturated carbocycles. The molecule has 206 valence electrons. The number of fused-ring (bicyclic) bond motifs is 1. The molecule has 5 rings (SSSR count). The summed E-state index contributed by atoms with van der Waals surface area (Å²) < 4.78 is 13.7. The molecular weight excluding hydrogens is 525 g/mol. The van der Waals surface area contributed by atoms with Crippen LogP contribution in [0.4, 0.5) is 16.0 Å². The zero-order valence-electron chi connectivity index (χ0n) is 22.2. The lowest BCUT2D eigenvalue weighted by molar-refractivity contribution is 0.0935. The number of carbonyl (C=O) groups excluding carboxylic acids is 1. The van der Waals surface area contributed by atoms with Gasteiger partial charge in [0.1, 0.15) is 17.7 Å². The molecule has 12 heteroatoms. The van der Waals surface area contributed by atoms with Crippen molar-refractivity contribution in [2.45, 2.75) is 25.9 Å². The van der Waals surface area contributed by atoms with Crippen LogP contribution in [0.25, 0.3) is 22.2 Å². The lowest BCUT2D eigenvalue weighted by Crippen LogP contribution is -2.29. The largest absolute Gasteiger partial charge is 0.394 e. The molecule has 6 N–H and O–H groups in total. The van der Waals surface area contributed by atoms with Gasteiger partial charge in [0.2, 0.25) is 0 Å². The second kappa shape index (κ2) is 11.4. The summed E-state index contributed by atoms with van der Waals surface area (Å²) in [7, 11) is 0. The van der Waals surface area contributed by atoms with Crippen molar-refractivity contribution in [1.29, 1.82) is 5.26 Å². The van der Waals surface area contributed by atoms with Gasteiger partial charge in [-0.15, -0.1) is 0 Å². The number of carbonyl (C=O) groups is 1. The standard InChI is InChI=1S/C29H26FN9O2/c1-15-9-19(7-8-23(15)30)16(2)35-29(41)25-28(34-13-21(11-31)36-25)37-24(14-40)18-5-3-17(4-6-18)20-10-22-26(32)38-39-27(22)33-12-20/h3-10,12-13,16,24,40H,14H2,1-2H3,(H,34,37)(H,35,41)(H3,32,33,38,39)/t16-,24+/m0/s1. The first-order valence-electron chi connectivity index (χ1n) is 12.7. The highest BCUT2D eigenvalue weighted by atomic mass is 19.1. The third kappa shape index (κ3) is 5.66. The van der Waals surface area contributed by atoms with Gasteiger partial charge in [-0.2, -0.15) is 10.4 Å². The van der Waals surface area contributed by atoms with E-state index < -0.39 is 18.0 Å². The van der Waals surface area contributed by atoms with E-state index in [9.17, 15) is 19.6 Å². The van der Waals surface area contributed by atoms with Gasteiger partial charge in [-0.1, -0.05) is 36.4 Å². The van der Waals surface area contributed by atoms with E-state index in [1.54, 1.807) is 32.2 Å². The van der Waals surface area contributed by atoms with Crippen LogP contribution in [-0.2, 0) is 0 Å². The van der Waals surface area contributed by atoms with Crippen molar-refractivity contribution in [3.63, 3.8) is 0 Å². The number of halogens is 1. The Morgan fingerprint density at radius 1 is 1.12 bits per heavy atom. The maximum absolute atomic E-state index is 13.7. The summed E-state index contributed by atoms with van der Waals surface area (Å²) in [5.74, 6) is -0.395. The third-order valence-corrected chi connectivity index (χ3v) is 6.71. The normalized spacial score (nSPS) is 12.5. The van der Waals surface area contributed by atoms with Gasteiger partial charge in [0.15, 0.2) is 22.9 Å². The fraction of sp³-hybridized carbons (Fsp3) is 0.172. The molecule has 0 aliphatic carbocycles. The second-order valence-corrected chi connectivity index (χ2v) is 9.50. The molecule has 0 aliphatic heterocycles. The van der Waals surface area contributed by atoms with Crippen LogP contribution in [0.1, 0.15) is 51.9 Å². The lowest BCUT2D eigenvalue weighted by Gasteiger charge is -2.20. The molecule has 0 fully saturated rings. The van der Waals surface area contributed by atoms with E-state index in [1.807, 2.05) is 36.4 Å². The predicted molar refractivity (Wildman–Crippen MR) is 151 cm³/mol. The lowest BCUT2D eigenvalue weighted by atomic mass is 10.0. The number of aromatic amines is 1. The summed E-state index contributed by atoms with van der Waals surface area (Å²) in [4.78, 5) is 26.0. The number of hydrogen-bond acceptors (Lipinski definition) is 9. The summed E-state index contributed by atoms with van der Waals surface area (Å²) in [6.45, 7) is 3.08. The van der Waals surface area contributed by atoms with Crippen LogP contribution in [-0.4, -0.2) is 42.8 Å². The molecule has 0 saturated heterocycles. The molecule has 0 unspecified atom stereocenters. The summed E-state index contributed by atoms with van der Waals surface area (Å²) in [5, 5.41) is 32.9. The second-order valence-electron chi connectivity index (χ2n) is 9.50. The number of aromatic nitrogens is 5. The van der Waals surface area contributed by atoms with Crippen molar-refractivity contribution < 1.29 is 14.3 Å². The van der Waals surface area contributed by atoms with E-state index >= 15 is 0 Å². The Bertz CT molecular complexity index is 1780. The van der Waals surface area contributed by atoms with Crippen LogP contribution in [0.15, 0.2) is 60.9 Å². The number of nitriles is 1. The number of nitrogens with zero attached hydrogens (tertiary/aromatic N) is 5. The van der Waals surface area contributed by atoms with E-state index in [-0.39, 0.29) is 29.6 Å². The average Bonchev–Trinajstić information content (AvgIpc) is 3.37. The number of aliphatic hydroxyl groups excluding tert-OH is 1. The van der Waals surface area contributed by atoms with Crippen molar-refractivity contribution in [2.24, 2.45) is 0 Å². The van der Waals surface area contributed by atoms with Crippen molar-refractivity contribution in [3.8, 4) is 17.2 Å². The summed E-state index contributed by atoms with van der Waals surface area (Å²) >= 11 is 0. The Morgan fingerprint density at radius 3 is 2.59 bits per heavy atom. The third-order valence-electron chi connectivity index (χ3n) is 6.71. The van der Waals surface area contributed by atoms with Gasteiger partial charge in [-0.05, 0) is 48.2 Å². The molecule has 0 spiro atoms. The minimum Gasteiger partial charge on any atom is -0.394 e. The quantitative estimate of drug-likeness (QED) is 0.191. The average molecular weight is 552 g/mol. The number of H-pyrrole nitrogens is 1. The Kier molecular flexibility index (Phi) is 7.53. The first kappa shape index (κ1) is 27.2. The molecule has 0 radical (unpaired) electrons. The van der Waals surface area contributed by atoms with Crippen LogP contribution in [0, 0.1) is 24.1 Å². The molecule has 2 atom stereocenters. The van der Waals surface area contributed by atoms with Gasteiger partial charge >= 0.3 is 0 Å². The first-order chi connectivity index (χ1) is 19.8. The zero-order valence-corrected chi connectivity index (χ0v) is 22.2. The summed E-state index contributed by atoms with van der Waals surface area (Å²) in [6, 6.07) is 14.7. The van der Waals surface area contributed by atoms with Gasteiger partial charge in [-0.3, -0.25) is 9.89 Å². The smallest absolute Gasteiger partial charge is 0.274 e. The molecular formula is C29H26FN9O2. The molecule has 1 amide bonds. The fourth-order valence-corrected chi connectivity index (χ4v) is 4.38. The zero-order chi connectivity index (χ0) is 29.1. The number of pyridine rings is 1. The fourth-order valence-electron chi connectivity index (χ4n) is 4.38. The topological polar surface area (TPSA) is 179 Å². The van der Waals surface area contributed by atoms with Gasteiger partial charge in [0, 0.05) is 11.8 Å². The molecule has 2 aromatic carbocycles. The SMILES string of the molecule is Cc1cc([C@H](C)NC(=O)c2nc(C#N)cnc2N[C@H](CO)c2ccc(-c3cnc4n[nH]c(N)c4c3)cc2)ccc1F. The van der Waals surface area contributed by atoms with Crippen molar-refractivity contribution in [3.05, 3.63) is 94.8 Å². The Hall–Kier alpha value is -5.41. The molecule has 0 aliphatic rings. The highest BCUT2D eigenvalue weighted by molar-refractivity contribution is 5.97. The number of nitrogens with one attached hydrogen (secondary N) is 3. The summed E-state index contributed by atoms with van der Waals surface area (Å²) in [5.41, 5.74) is 9.91. The van der Waals surface area contributed by atoms with Gasteiger partial charge < -0.3 is 21.5 Å². The highest BCUT2D eigenvalue weighted by Crippen LogP contribution is 2.27. The minimum atomic E-state index is -0.639. The first-order valence-corrected chi connectivity index (χ1v) is 12.7. The molecule has 41 heavy (non-hydrogen) atoms. The van der Waals surface area contributed by atoms with E-state index in [1.165, 1.54) is 12.3 Å². The number of amides is 1. The monoisotopic (exact) mass is 551 g/mol. The van der Waals surface area contributed by atoms with E-state index in [0.717, 1.165) is 22.1 Å². The molecule has 5 aromatic rings. The molecule has 11 nitrogen and oxygen atoms in total. The van der Waals surface area contributed by atoms with Gasteiger partial charge in [0.05, 0.1) is 30.3 Å². The maximum Gasteiger partial charge on any atom is 0.274 e. The number of nitrogens with two attached hydrogens (primary N) is 1. The minimum absolute atomic E-state index is 0.0419. The maximum atomic E-state index is 13.7. The molecule has 3 aromatic heterocycles. The van der Waals surface area contributed by atoms with E-state index in [0.29, 0.717) is 22.6 Å². The number of aryl methyl sites for hydroxylation is 1. The van der Waals surface area contributed by atoms with E-state index in [2.05, 4.69) is 35.8 Å². The van der Waals surface area contributed by atoms with Crippen LogP contribution >= 0.6 is 0 Å². The van der Waals surface area contributed by atoms with Crippen LogP contribution in [0.5, 0.6) is 0 Å². The van der Waals surface area contributed by atoms with E-state index in [4.69, 9.17) is 5.73 Å². The van der Waals surface area contributed by atoms with Crippen LogP contribution in [0.2, 0.25) is 0 Å². The van der Waals surface area contributed by atoms with Gasteiger partial charge in [0.25, 0.3) is 5.91 Å². The number of anilines is 2. The van der Waals surface area contributed by atoms with Crippen LogP contribution in [0.3, 0.4) is 0 Å². The number of nitrogen functional groups attached to an aromatic ring is 1. The number of aliphatic hydroxyl groups is 1. The highest BCUT2D eigenvalue weighted by Gasteiger charge is 2.22. The summed E-state index contributed by atoms with van der Waals surface area (Å²) in [6.07, 6.45) is 2.94. The van der Waals surface area contributed by atoms with Crippen molar-refractivity contribution in [1.82, 2.24) is 30.5 Å². The number of rotatable bonds is 8. The number of benzene rings is 2. The molecule has 3 heterocycles.